The van der Waals surface area contributed by atoms with E-state index in [0.717, 1.165) is 0 Å². The molecule has 3 saturated heterocycles. The van der Waals surface area contributed by atoms with Crippen LogP contribution in [-0.2, 0) is 23.7 Å². The van der Waals surface area contributed by atoms with Gasteiger partial charge in [0.1, 0.15) is 73.8 Å². The van der Waals surface area contributed by atoms with E-state index in [1.165, 1.54) is 0 Å². The van der Waals surface area contributed by atoms with Crippen molar-refractivity contribution in [3.63, 3.8) is 0 Å². The summed E-state index contributed by atoms with van der Waals surface area (Å²) >= 11 is 0. The quantitative estimate of drug-likeness (QED) is 0.146. The Morgan fingerprint density at radius 3 is 1.65 bits per heavy atom. The van der Waals surface area contributed by atoms with Gasteiger partial charge in [-0.1, -0.05) is 0 Å². The number of hydrogen-bond donors (Lipinski definition) is 11. The molecule has 3 heterocycles. The van der Waals surface area contributed by atoms with Crippen molar-refractivity contribution in [2.45, 2.75) is 85.5 Å². The third kappa shape index (κ3) is 5.09. The lowest BCUT2D eigenvalue weighted by molar-refractivity contribution is -0.388. The molecular weight excluding hydrogens is 472 g/mol. The van der Waals surface area contributed by atoms with Crippen LogP contribution in [-0.4, -0.2) is 168 Å². The highest BCUT2D eigenvalue weighted by atomic mass is 16.8. The fourth-order valence-corrected chi connectivity index (χ4v) is 4.01. The second-order valence-corrected chi connectivity index (χ2v) is 8.41. The summed E-state index contributed by atoms with van der Waals surface area (Å²) in [4.78, 5) is 0. The Hall–Kier alpha value is -0.640. The highest BCUT2D eigenvalue weighted by molar-refractivity contribution is 4.98. The van der Waals surface area contributed by atoms with E-state index in [1.807, 2.05) is 0 Å². The van der Waals surface area contributed by atoms with Crippen LogP contribution >= 0.6 is 0 Å². The van der Waals surface area contributed by atoms with E-state index >= 15 is 0 Å². The monoisotopic (exact) mass is 504 g/mol. The Balaban J connectivity index is 1.69. The van der Waals surface area contributed by atoms with E-state index in [0.29, 0.717) is 0 Å². The second-order valence-electron chi connectivity index (χ2n) is 8.41. The first-order chi connectivity index (χ1) is 16.0. The minimum absolute atomic E-state index is 0.634. The van der Waals surface area contributed by atoms with Gasteiger partial charge in [0.25, 0.3) is 0 Å². The highest BCUT2D eigenvalue weighted by Gasteiger charge is 2.58. The van der Waals surface area contributed by atoms with Crippen molar-refractivity contribution in [1.82, 2.24) is 0 Å². The van der Waals surface area contributed by atoms with Crippen LogP contribution in [0, 0.1) is 0 Å². The maximum atomic E-state index is 10.3. The summed E-state index contributed by atoms with van der Waals surface area (Å²) in [6, 6.07) is 0. The van der Waals surface area contributed by atoms with E-state index < -0.39 is 112 Å². The number of ether oxygens (including phenoxy) is 5. The standard InChI is InChI=1S/C18H32O16/c19-1-5-8(22)11(25)13(27)16(31-5)30-3-7-9(23)12(26)14(28)17(32-7)34-18(4-21)15(29)10(24)6(2-20)33-18/h5-17,19-29H,1-4H2/t5-,6-,7-,8+,9-,10-,11+,12+,13-,14-,15+,16+,17-,18-/m1/s1. The van der Waals surface area contributed by atoms with Crippen molar-refractivity contribution in [2.24, 2.45) is 0 Å². The molecule has 0 unspecified atom stereocenters. The molecule has 14 atom stereocenters. The van der Waals surface area contributed by atoms with E-state index in [9.17, 15) is 56.2 Å². The zero-order valence-corrected chi connectivity index (χ0v) is 17.8. The van der Waals surface area contributed by atoms with Gasteiger partial charge < -0.3 is 79.9 Å². The van der Waals surface area contributed by atoms with Gasteiger partial charge in [0.15, 0.2) is 12.6 Å². The van der Waals surface area contributed by atoms with Crippen molar-refractivity contribution < 1.29 is 79.9 Å². The number of aliphatic hydroxyl groups is 11. The predicted octanol–water partition coefficient (Wildman–Crippen LogP) is -7.57. The molecule has 0 radical (unpaired) electrons. The molecule has 16 heteroatoms. The lowest BCUT2D eigenvalue weighted by Gasteiger charge is -2.44. The molecule has 0 aromatic carbocycles. The maximum Gasteiger partial charge on any atom is 0.224 e. The lowest BCUT2D eigenvalue weighted by Crippen LogP contribution is -2.63. The number of aliphatic hydroxyl groups excluding tert-OH is 11. The smallest absolute Gasteiger partial charge is 0.224 e. The second kappa shape index (κ2) is 11.2. The van der Waals surface area contributed by atoms with Crippen LogP contribution in [0.25, 0.3) is 0 Å². The maximum absolute atomic E-state index is 10.3. The van der Waals surface area contributed by atoms with E-state index in [-0.39, 0.29) is 0 Å². The van der Waals surface area contributed by atoms with E-state index in [4.69, 9.17) is 23.7 Å². The van der Waals surface area contributed by atoms with Crippen LogP contribution in [0.4, 0.5) is 0 Å². The Morgan fingerprint density at radius 1 is 0.588 bits per heavy atom. The van der Waals surface area contributed by atoms with Gasteiger partial charge in [-0.25, -0.2) is 0 Å². The van der Waals surface area contributed by atoms with E-state index in [1.54, 1.807) is 0 Å². The molecule has 3 aliphatic heterocycles. The zero-order valence-electron chi connectivity index (χ0n) is 17.8. The molecule has 3 rings (SSSR count). The largest absolute Gasteiger partial charge is 0.394 e. The topological polar surface area (TPSA) is 269 Å². The number of hydrogen-bond acceptors (Lipinski definition) is 16. The summed E-state index contributed by atoms with van der Waals surface area (Å²) in [5, 5.41) is 109. The first-order valence-electron chi connectivity index (χ1n) is 10.6. The molecule has 0 aliphatic carbocycles. The van der Waals surface area contributed by atoms with Crippen LogP contribution < -0.4 is 0 Å². The molecule has 0 aromatic heterocycles. The Bertz CT molecular complexity index is 653. The molecule has 3 fully saturated rings. The summed E-state index contributed by atoms with van der Waals surface area (Å²) in [5.41, 5.74) is 0. The summed E-state index contributed by atoms with van der Waals surface area (Å²) in [7, 11) is 0. The van der Waals surface area contributed by atoms with Gasteiger partial charge in [0, 0.05) is 0 Å². The fraction of sp³-hybridized carbons (Fsp3) is 1.00. The molecule has 0 saturated carbocycles. The first kappa shape index (κ1) is 27.9. The molecule has 0 spiro atoms. The average Bonchev–Trinajstić information content (AvgIpc) is 3.08. The number of rotatable bonds is 8. The summed E-state index contributed by atoms with van der Waals surface area (Å²) in [6.45, 7) is -3.14. The fourth-order valence-electron chi connectivity index (χ4n) is 4.01. The third-order valence-electron chi connectivity index (χ3n) is 6.16. The van der Waals surface area contributed by atoms with Crippen LogP contribution in [0.2, 0.25) is 0 Å². The molecule has 0 aromatic rings. The average molecular weight is 504 g/mol. The summed E-state index contributed by atoms with van der Waals surface area (Å²) in [5.74, 6) is -2.36. The normalized spacial score (nSPS) is 52.1. The predicted molar refractivity (Wildman–Crippen MR) is 101 cm³/mol. The van der Waals surface area contributed by atoms with Crippen LogP contribution in [0.5, 0.6) is 0 Å². The van der Waals surface area contributed by atoms with Gasteiger partial charge in [0.2, 0.25) is 5.79 Å². The SMILES string of the molecule is OC[C@H]1O[C@H](OC[C@H]2O[C@H](O[C@@]3(CO)O[C@H](CO)[C@@H](O)[C@@H]3O)[C@H](O)[C@@H](O)[C@@H]2O)[C@H](O)[C@@H](O)[C@H]1O. The summed E-state index contributed by atoms with van der Waals surface area (Å²) < 4.78 is 26.4. The molecule has 34 heavy (non-hydrogen) atoms. The Morgan fingerprint density at radius 2 is 1.12 bits per heavy atom. The third-order valence-corrected chi connectivity index (χ3v) is 6.16. The van der Waals surface area contributed by atoms with E-state index in [2.05, 4.69) is 0 Å². The first-order valence-corrected chi connectivity index (χ1v) is 10.6. The van der Waals surface area contributed by atoms with Gasteiger partial charge in [-0.2, -0.15) is 0 Å². The lowest BCUT2D eigenvalue weighted by atomic mass is 9.98. The van der Waals surface area contributed by atoms with Crippen molar-refractivity contribution in [2.75, 3.05) is 26.4 Å². The molecule has 11 N–H and O–H groups in total. The molecule has 3 aliphatic rings. The highest BCUT2D eigenvalue weighted by Crippen LogP contribution is 2.36. The molecule has 16 nitrogen and oxygen atoms in total. The van der Waals surface area contributed by atoms with Crippen molar-refractivity contribution >= 4 is 0 Å². The van der Waals surface area contributed by atoms with Crippen LogP contribution in [0.1, 0.15) is 0 Å². The molecule has 0 amide bonds. The van der Waals surface area contributed by atoms with Gasteiger partial charge >= 0.3 is 0 Å². The van der Waals surface area contributed by atoms with Crippen LogP contribution in [0.3, 0.4) is 0 Å². The Kier molecular flexibility index (Phi) is 9.18. The van der Waals surface area contributed by atoms with Crippen molar-refractivity contribution in [1.29, 1.82) is 0 Å². The molecule has 200 valence electrons. The molecular formula is C18H32O16. The van der Waals surface area contributed by atoms with Gasteiger partial charge in [0.05, 0.1) is 19.8 Å². The Labute approximate surface area is 192 Å². The minimum Gasteiger partial charge on any atom is -0.394 e. The molecule has 0 bridgehead atoms. The van der Waals surface area contributed by atoms with Gasteiger partial charge in [-0.15, -0.1) is 0 Å². The van der Waals surface area contributed by atoms with Crippen LogP contribution in [0.15, 0.2) is 0 Å². The minimum atomic E-state index is -2.36. The van der Waals surface area contributed by atoms with Gasteiger partial charge in [-0.3, -0.25) is 0 Å². The van der Waals surface area contributed by atoms with Gasteiger partial charge in [-0.05, 0) is 0 Å². The zero-order chi connectivity index (χ0) is 25.4. The van der Waals surface area contributed by atoms with Crippen molar-refractivity contribution in [3.05, 3.63) is 0 Å². The van der Waals surface area contributed by atoms with Crippen molar-refractivity contribution in [3.8, 4) is 0 Å². The summed E-state index contributed by atoms with van der Waals surface area (Å²) in [6.07, 6.45) is -21.8.